The minimum atomic E-state index is -0.734. The topological polar surface area (TPSA) is 81.0 Å². The number of aliphatic hydroxyl groups is 2. The molecule has 0 amide bonds. The van der Waals surface area contributed by atoms with Crippen molar-refractivity contribution in [2.75, 3.05) is 32.8 Å². The first-order valence-electron chi connectivity index (χ1n) is 5.86. The minimum Gasteiger partial charge on any atom is -0.481 e. The van der Waals surface area contributed by atoms with Gasteiger partial charge < -0.3 is 15.3 Å². The van der Waals surface area contributed by atoms with Crippen LogP contribution in [0.15, 0.2) is 0 Å². The van der Waals surface area contributed by atoms with Gasteiger partial charge >= 0.3 is 5.97 Å². The zero-order chi connectivity index (χ0) is 12.2. The van der Waals surface area contributed by atoms with Crippen molar-refractivity contribution in [3.8, 4) is 0 Å². The highest BCUT2D eigenvalue weighted by Gasteiger charge is 2.03. The van der Waals surface area contributed by atoms with E-state index in [1.807, 2.05) is 4.90 Å². The summed E-state index contributed by atoms with van der Waals surface area (Å²) < 4.78 is 0. The van der Waals surface area contributed by atoms with E-state index < -0.39 is 5.97 Å². The maximum atomic E-state index is 10.2. The lowest BCUT2D eigenvalue weighted by Crippen LogP contribution is -2.30. The van der Waals surface area contributed by atoms with Crippen molar-refractivity contribution in [1.82, 2.24) is 4.90 Å². The Kier molecular flexibility index (Phi) is 10.4. The van der Waals surface area contributed by atoms with E-state index in [4.69, 9.17) is 15.3 Å². The summed E-state index contributed by atoms with van der Waals surface area (Å²) in [7, 11) is 0. The molecule has 0 saturated carbocycles. The fourth-order valence-electron chi connectivity index (χ4n) is 1.58. The Morgan fingerprint density at radius 1 is 0.875 bits per heavy atom. The third-order valence-corrected chi connectivity index (χ3v) is 2.45. The van der Waals surface area contributed by atoms with Gasteiger partial charge in [-0.05, 0) is 19.4 Å². The van der Waals surface area contributed by atoms with Gasteiger partial charge in [0.05, 0.1) is 13.2 Å². The Morgan fingerprint density at radius 3 is 1.94 bits per heavy atom. The molecule has 0 bridgehead atoms. The zero-order valence-electron chi connectivity index (χ0n) is 9.77. The molecule has 0 saturated heterocycles. The van der Waals surface area contributed by atoms with Crippen molar-refractivity contribution in [1.29, 1.82) is 0 Å². The molecular formula is C11H23NO4. The van der Waals surface area contributed by atoms with Crippen LogP contribution in [0.3, 0.4) is 0 Å². The van der Waals surface area contributed by atoms with Crippen LogP contribution in [0.4, 0.5) is 0 Å². The highest BCUT2D eigenvalue weighted by atomic mass is 16.4. The van der Waals surface area contributed by atoms with Crippen LogP contribution in [0.2, 0.25) is 0 Å². The van der Waals surface area contributed by atoms with Crippen LogP contribution in [0.25, 0.3) is 0 Å². The second-order valence-electron chi connectivity index (χ2n) is 3.85. The lowest BCUT2D eigenvalue weighted by Gasteiger charge is -2.19. The first kappa shape index (κ1) is 15.3. The molecule has 0 aliphatic heterocycles. The second kappa shape index (κ2) is 10.9. The second-order valence-corrected chi connectivity index (χ2v) is 3.85. The first-order chi connectivity index (χ1) is 7.70. The molecule has 16 heavy (non-hydrogen) atoms. The number of nitrogens with zero attached hydrogens (tertiary/aromatic N) is 1. The van der Waals surface area contributed by atoms with Crippen LogP contribution in [0.1, 0.15) is 32.1 Å². The summed E-state index contributed by atoms with van der Waals surface area (Å²) in [5.74, 6) is -0.734. The SMILES string of the molecule is O=C(O)CCCCCCN(CCO)CCO. The van der Waals surface area contributed by atoms with Crippen LogP contribution < -0.4 is 0 Å². The predicted octanol–water partition coefficient (Wildman–Crippen LogP) is 0.308. The molecule has 0 radical (unpaired) electrons. The predicted molar refractivity (Wildman–Crippen MR) is 61.3 cm³/mol. The van der Waals surface area contributed by atoms with Gasteiger partial charge in [0, 0.05) is 19.5 Å². The molecule has 5 heteroatoms. The molecule has 0 unspecified atom stereocenters. The van der Waals surface area contributed by atoms with Gasteiger partial charge in [0.2, 0.25) is 0 Å². The van der Waals surface area contributed by atoms with E-state index in [0.29, 0.717) is 13.1 Å². The van der Waals surface area contributed by atoms with Gasteiger partial charge in [-0.15, -0.1) is 0 Å². The van der Waals surface area contributed by atoms with E-state index in [9.17, 15) is 4.79 Å². The lowest BCUT2D eigenvalue weighted by atomic mass is 10.1. The number of unbranched alkanes of at least 4 members (excludes halogenated alkanes) is 3. The standard InChI is InChI=1S/C11H23NO4/c13-9-7-12(8-10-14)6-4-2-1-3-5-11(15)16/h13-14H,1-10H2,(H,15,16). The normalized spacial score (nSPS) is 10.9. The van der Waals surface area contributed by atoms with Crippen LogP contribution in [0.5, 0.6) is 0 Å². The van der Waals surface area contributed by atoms with Crippen molar-refractivity contribution in [2.45, 2.75) is 32.1 Å². The smallest absolute Gasteiger partial charge is 0.303 e. The minimum absolute atomic E-state index is 0.110. The number of carboxylic acids is 1. The number of carbonyl (C=O) groups is 1. The Balaban J connectivity index is 3.35. The van der Waals surface area contributed by atoms with Gasteiger partial charge in [-0.3, -0.25) is 9.69 Å². The summed E-state index contributed by atoms with van der Waals surface area (Å²) in [5.41, 5.74) is 0. The van der Waals surface area contributed by atoms with Gasteiger partial charge in [0.15, 0.2) is 0 Å². The van der Waals surface area contributed by atoms with E-state index in [0.717, 1.165) is 32.2 Å². The van der Waals surface area contributed by atoms with E-state index in [-0.39, 0.29) is 19.6 Å². The summed E-state index contributed by atoms with van der Waals surface area (Å²) in [5, 5.41) is 26.0. The number of hydrogen-bond donors (Lipinski definition) is 3. The quantitative estimate of drug-likeness (QED) is 0.447. The molecule has 0 rings (SSSR count). The highest BCUT2D eigenvalue weighted by molar-refractivity contribution is 5.66. The average molecular weight is 233 g/mol. The molecule has 5 nitrogen and oxygen atoms in total. The molecule has 96 valence electrons. The van der Waals surface area contributed by atoms with Crippen molar-refractivity contribution < 1.29 is 20.1 Å². The third-order valence-electron chi connectivity index (χ3n) is 2.45. The van der Waals surface area contributed by atoms with Gasteiger partial charge in [0.25, 0.3) is 0 Å². The van der Waals surface area contributed by atoms with Crippen LogP contribution >= 0.6 is 0 Å². The van der Waals surface area contributed by atoms with Crippen LogP contribution in [-0.4, -0.2) is 59.0 Å². The summed E-state index contributed by atoms with van der Waals surface area (Å²) in [6, 6.07) is 0. The highest BCUT2D eigenvalue weighted by Crippen LogP contribution is 2.04. The van der Waals surface area contributed by atoms with Gasteiger partial charge in [-0.2, -0.15) is 0 Å². The van der Waals surface area contributed by atoms with Crippen molar-refractivity contribution in [3.05, 3.63) is 0 Å². The largest absolute Gasteiger partial charge is 0.481 e. The van der Waals surface area contributed by atoms with E-state index in [1.54, 1.807) is 0 Å². The monoisotopic (exact) mass is 233 g/mol. The molecule has 0 aliphatic carbocycles. The Morgan fingerprint density at radius 2 is 1.44 bits per heavy atom. The molecule has 0 aromatic heterocycles. The van der Waals surface area contributed by atoms with Crippen LogP contribution in [-0.2, 0) is 4.79 Å². The molecule has 0 fully saturated rings. The molecule has 0 aromatic rings. The number of rotatable bonds is 11. The van der Waals surface area contributed by atoms with Crippen molar-refractivity contribution in [3.63, 3.8) is 0 Å². The van der Waals surface area contributed by atoms with Crippen molar-refractivity contribution in [2.24, 2.45) is 0 Å². The molecule has 0 aromatic carbocycles. The molecule has 0 spiro atoms. The Bertz CT molecular complexity index is 169. The summed E-state index contributed by atoms with van der Waals surface area (Å²) in [4.78, 5) is 12.3. The molecular weight excluding hydrogens is 210 g/mol. The van der Waals surface area contributed by atoms with Crippen molar-refractivity contribution >= 4 is 5.97 Å². The zero-order valence-corrected chi connectivity index (χ0v) is 9.77. The number of aliphatic hydroxyl groups excluding tert-OH is 2. The first-order valence-corrected chi connectivity index (χ1v) is 5.86. The number of aliphatic carboxylic acids is 1. The number of carboxylic acid groups (broad SMARTS) is 1. The lowest BCUT2D eigenvalue weighted by molar-refractivity contribution is -0.137. The van der Waals surface area contributed by atoms with E-state index in [2.05, 4.69) is 0 Å². The Labute approximate surface area is 96.7 Å². The summed E-state index contributed by atoms with van der Waals surface area (Å²) in [6.07, 6.45) is 3.89. The van der Waals surface area contributed by atoms with E-state index >= 15 is 0 Å². The van der Waals surface area contributed by atoms with Crippen LogP contribution in [0, 0.1) is 0 Å². The van der Waals surface area contributed by atoms with Gasteiger partial charge in [-0.1, -0.05) is 12.8 Å². The maximum Gasteiger partial charge on any atom is 0.303 e. The molecule has 3 N–H and O–H groups in total. The fourth-order valence-corrected chi connectivity index (χ4v) is 1.58. The molecule has 0 aliphatic rings. The number of hydrogen-bond acceptors (Lipinski definition) is 4. The third kappa shape index (κ3) is 9.89. The maximum absolute atomic E-state index is 10.2. The molecule has 0 atom stereocenters. The van der Waals surface area contributed by atoms with Gasteiger partial charge in [0.1, 0.15) is 0 Å². The summed E-state index contributed by atoms with van der Waals surface area (Å²) in [6.45, 7) is 2.26. The van der Waals surface area contributed by atoms with E-state index in [1.165, 1.54) is 0 Å². The Hall–Kier alpha value is -0.650. The van der Waals surface area contributed by atoms with Gasteiger partial charge in [-0.25, -0.2) is 0 Å². The average Bonchev–Trinajstić information content (AvgIpc) is 2.23. The fraction of sp³-hybridized carbons (Fsp3) is 0.909. The molecule has 0 heterocycles. The summed E-state index contributed by atoms with van der Waals surface area (Å²) >= 11 is 0.